The van der Waals surface area contributed by atoms with Crippen molar-refractivity contribution in [3.63, 3.8) is 0 Å². The summed E-state index contributed by atoms with van der Waals surface area (Å²) >= 11 is 0. The second-order valence-corrected chi connectivity index (χ2v) is 7.06. The van der Waals surface area contributed by atoms with Crippen LogP contribution in [0.2, 0.25) is 0 Å². The topological polar surface area (TPSA) is 64.1 Å². The molecule has 0 aliphatic carbocycles. The van der Waals surface area contributed by atoms with Crippen LogP contribution in [0.15, 0.2) is 47.5 Å². The molecule has 160 valence electrons. The van der Waals surface area contributed by atoms with Gasteiger partial charge in [-0.3, -0.25) is 4.99 Å². The highest BCUT2D eigenvalue weighted by molar-refractivity contribution is 14.0. The molecule has 2 aromatic rings. The van der Waals surface area contributed by atoms with E-state index >= 15 is 0 Å². The second kappa shape index (κ2) is 11.7. The molecule has 2 aromatic carbocycles. The van der Waals surface area contributed by atoms with Crippen LogP contribution in [0.5, 0.6) is 17.2 Å². The van der Waals surface area contributed by atoms with Crippen LogP contribution in [0.25, 0.3) is 0 Å². The quantitative estimate of drug-likeness (QED) is 0.318. The Morgan fingerprint density at radius 2 is 1.52 bits per heavy atom. The number of aliphatic imine (C=N–C) groups is 1. The van der Waals surface area contributed by atoms with Crippen LogP contribution in [0, 0.1) is 0 Å². The summed E-state index contributed by atoms with van der Waals surface area (Å²) < 4.78 is 16.2. The van der Waals surface area contributed by atoms with Crippen molar-refractivity contribution in [1.82, 2.24) is 10.6 Å². The van der Waals surface area contributed by atoms with Crippen LogP contribution in [0.1, 0.15) is 25.0 Å². The summed E-state index contributed by atoms with van der Waals surface area (Å²) in [7, 11) is 6.58. The predicted molar refractivity (Wildman–Crippen MR) is 129 cm³/mol. The highest BCUT2D eigenvalue weighted by Crippen LogP contribution is 2.38. The molecule has 6 nitrogen and oxygen atoms in total. The number of ether oxygens (including phenoxy) is 3. The van der Waals surface area contributed by atoms with Crippen LogP contribution in [0.3, 0.4) is 0 Å². The summed E-state index contributed by atoms with van der Waals surface area (Å²) in [6.45, 7) is 5.75. The van der Waals surface area contributed by atoms with Gasteiger partial charge in [0.1, 0.15) is 0 Å². The number of rotatable bonds is 8. The molecule has 0 amide bonds. The number of nitrogens with one attached hydrogen (secondary N) is 2. The lowest BCUT2D eigenvalue weighted by Crippen LogP contribution is -2.43. The molecule has 0 heterocycles. The molecule has 0 saturated heterocycles. The van der Waals surface area contributed by atoms with Crippen molar-refractivity contribution in [2.45, 2.75) is 25.8 Å². The van der Waals surface area contributed by atoms with E-state index in [0.717, 1.165) is 18.1 Å². The molecule has 0 unspecified atom stereocenters. The first kappa shape index (κ1) is 24.9. The Hall–Kier alpha value is -2.16. The third-order valence-corrected chi connectivity index (χ3v) is 4.66. The highest BCUT2D eigenvalue weighted by atomic mass is 127. The summed E-state index contributed by atoms with van der Waals surface area (Å²) in [5, 5.41) is 6.75. The Morgan fingerprint density at radius 1 is 0.931 bits per heavy atom. The molecule has 0 aliphatic heterocycles. The minimum absolute atomic E-state index is 0. The van der Waals surface area contributed by atoms with Crippen LogP contribution in [0.4, 0.5) is 0 Å². The van der Waals surface area contributed by atoms with Gasteiger partial charge in [0.25, 0.3) is 0 Å². The number of nitrogens with zero attached hydrogens (tertiary/aromatic N) is 1. The standard InChI is InChI=1S/C22H31N3O3.HI/c1-22(2,17-10-8-7-9-11-17)15-25-21(23-3)24-14-16-12-18(26-4)20(28-6)19(13-16)27-5;/h7-13H,14-15H2,1-6H3,(H2,23,24,25);1H. The van der Waals surface area contributed by atoms with Crippen LogP contribution >= 0.6 is 24.0 Å². The molecule has 0 radical (unpaired) electrons. The molecular formula is C22H32IN3O3. The maximum atomic E-state index is 5.42. The minimum atomic E-state index is -0.0224. The van der Waals surface area contributed by atoms with Gasteiger partial charge in [0, 0.05) is 25.6 Å². The smallest absolute Gasteiger partial charge is 0.203 e. The van der Waals surface area contributed by atoms with Crippen molar-refractivity contribution in [3.05, 3.63) is 53.6 Å². The Balaban J connectivity index is 0.00000420. The first-order valence-electron chi connectivity index (χ1n) is 9.24. The first-order valence-corrected chi connectivity index (χ1v) is 9.24. The third-order valence-electron chi connectivity index (χ3n) is 4.66. The van der Waals surface area contributed by atoms with E-state index in [1.807, 2.05) is 18.2 Å². The Labute approximate surface area is 191 Å². The summed E-state index contributed by atoms with van der Waals surface area (Å²) in [4.78, 5) is 4.33. The number of methoxy groups -OCH3 is 3. The zero-order valence-electron chi connectivity index (χ0n) is 18.0. The van der Waals surface area contributed by atoms with Crippen LogP contribution in [-0.2, 0) is 12.0 Å². The summed E-state index contributed by atoms with van der Waals surface area (Å²) in [5.41, 5.74) is 2.26. The van der Waals surface area contributed by atoms with Gasteiger partial charge in [0.05, 0.1) is 21.3 Å². The van der Waals surface area contributed by atoms with E-state index in [4.69, 9.17) is 14.2 Å². The van der Waals surface area contributed by atoms with E-state index in [9.17, 15) is 0 Å². The van der Waals surface area contributed by atoms with Gasteiger partial charge in [0.2, 0.25) is 5.75 Å². The molecule has 2 rings (SSSR count). The SMILES string of the molecule is CN=C(NCc1cc(OC)c(OC)c(OC)c1)NCC(C)(C)c1ccccc1.I. The monoisotopic (exact) mass is 513 g/mol. The summed E-state index contributed by atoms with van der Waals surface area (Å²) in [5.74, 6) is 2.58. The van der Waals surface area contributed by atoms with Gasteiger partial charge in [-0.1, -0.05) is 44.2 Å². The van der Waals surface area contributed by atoms with Crippen molar-refractivity contribution in [3.8, 4) is 17.2 Å². The maximum Gasteiger partial charge on any atom is 0.203 e. The molecule has 7 heteroatoms. The number of guanidine groups is 1. The average molecular weight is 513 g/mol. The molecule has 0 saturated carbocycles. The molecule has 2 N–H and O–H groups in total. The van der Waals surface area contributed by atoms with Crippen molar-refractivity contribution in [2.75, 3.05) is 34.9 Å². The van der Waals surface area contributed by atoms with Crippen molar-refractivity contribution in [1.29, 1.82) is 0 Å². The molecule has 29 heavy (non-hydrogen) atoms. The zero-order chi connectivity index (χ0) is 20.6. The largest absolute Gasteiger partial charge is 0.493 e. The van der Waals surface area contributed by atoms with Crippen LogP contribution < -0.4 is 24.8 Å². The van der Waals surface area contributed by atoms with Crippen molar-refractivity contribution >= 4 is 29.9 Å². The molecule has 0 bridgehead atoms. The Morgan fingerprint density at radius 3 is 2.00 bits per heavy atom. The predicted octanol–water partition coefficient (Wildman–Crippen LogP) is 3.97. The fraction of sp³-hybridized carbons (Fsp3) is 0.409. The highest BCUT2D eigenvalue weighted by Gasteiger charge is 2.20. The van der Waals surface area contributed by atoms with Crippen molar-refractivity contribution in [2.24, 2.45) is 4.99 Å². The van der Waals surface area contributed by atoms with Gasteiger partial charge in [0.15, 0.2) is 17.5 Å². The molecule has 0 atom stereocenters. The molecule has 0 fully saturated rings. The van der Waals surface area contributed by atoms with Gasteiger partial charge in [-0.05, 0) is 23.3 Å². The van der Waals surface area contributed by atoms with Gasteiger partial charge in [-0.25, -0.2) is 0 Å². The third kappa shape index (κ3) is 6.69. The molecular weight excluding hydrogens is 481 g/mol. The fourth-order valence-electron chi connectivity index (χ4n) is 2.94. The average Bonchev–Trinajstić information content (AvgIpc) is 2.73. The minimum Gasteiger partial charge on any atom is -0.493 e. The van der Waals surface area contributed by atoms with E-state index < -0.39 is 0 Å². The normalized spacial score (nSPS) is 11.3. The van der Waals surface area contributed by atoms with E-state index in [-0.39, 0.29) is 29.4 Å². The van der Waals surface area contributed by atoms with Crippen molar-refractivity contribution < 1.29 is 14.2 Å². The molecule has 0 aromatic heterocycles. The van der Waals surface area contributed by atoms with Gasteiger partial charge in [-0.2, -0.15) is 0 Å². The van der Waals surface area contributed by atoms with E-state index in [1.54, 1.807) is 28.4 Å². The molecule has 0 spiro atoms. The van der Waals surface area contributed by atoms with Gasteiger partial charge < -0.3 is 24.8 Å². The van der Waals surface area contributed by atoms with Crippen LogP contribution in [-0.4, -0.2) is 40.9 Å². The fourth-order valence-corrected chi connectivity index (χ4v) is 2.94. The Bertz CT molecular complexity index is 770. The molecule has 0 aliphatic rings. The van der Waals surface area contributed by atoms with Gasteiger partial charge in [-0.15, -0.1) is 24.0 Å². The summed E-state index contributed by atoms with van der Waals surface area (Å²) in [6.07, 6.45) is 0. The second-order valence-electron chi connectivity index (χ2n) is 7.06. The lowest BCUT2D eigenvalue weighted by atomic mass is 9.85. The lowest BCUT2D eigenvalue weighted by Gasteiger charge is -2.26. The number of benzene rings is 2. The van der Waals surface area contributed by atoms with E-state index in [1.165, 1.54) is 5.56 Å². The maximum absolute atomic E-state index is 5.42. The summed E-state index contributed by atoms with van der Waals surface area (Å²) in [6, 6.07) is 14.3. The van der Waals surface area contributed by atoms with Gasteiger partial charge >= 0.3 is 0 Å². The number of halogens is 1. The van der Waals surface area contributed by atoms with E-state index in [2.05, 4.69) is 53.7 Å². The zero-order valence-corrected chi connectivity index (χ0v) is 20.4. The lowest BCUT2D eigenvalue weighted by molar-refractivity contribution is 0.323. The Kier molecular flexibility index (Phi) is 10.1. The number of hydrogen-bond donors (Lipinski definition) is 2. The first-order chi connectivity index (χ1) is 13.4. The number of hydrogen-bond acceptors (Lipinski definition) is 4. The van der Waals surface area contributed by atoms with E-state index in [0.29, 0.717) is 23.8 Å².